The lowest BCUT2D eigenvalue weighted by molar-refractivity contribution is 0.669. The first-order chi connectivity index (χ1) is 41.1. The maximum atomic E-state index is 12.6. The van der Waals surface area contributed by atoms with Gasteiger partial charge in [0.05, 0.1) is 68.4 Å². The van der Waals surface area contributed by atoms with Crippen molar-refractivity contribution in [3.05, 3.63) is 241 Å². The molecule has 0 unspecified atom stereocenters. The van der Waals surface area contributed by atoms with Crippen molar-refractivity contribution in [2.24, 2.45) is 0 Å². The molecule has 0 aliphatic rings. The van der Waals surface area contributed by atoms with Gasteiger partial charge in [-0.1, -0.05) is 146 Å². The van der Waals surface area contributed by atoms with Gasteiger partial charge in [-0.05, 0) is 78.9 Å². The van der Waals surface area contributed by atoms with Crippen LogP contribution in [0.4, 0.5) is 5.69 Å². The van der Waals surface area contributed by atoms with E-state index in [1.165, 1.54) is 0 Å². The fourth-order valence-corrected chi connectivity index (χ4v) is 15.5. The highest BCUT2D eigenvalue weighted by Crippen LogP contribution is 2.56. The maximum absolute atomic E-state index is 12.6. The van der Waals surface area contributed by atoms with Crippen LogP contribution in [-0.4, -0.2) is 13.7 Å². The molecule has 0 saturated carbocycles. The van der Waals surface area contributed by atoms with Crippen LogP contribution in [0.3, 0.4) is 0 Å². The third-order valence-electron chi connectivity index (χ3n) is 17.5. The highest BCUT2D eigenvalue weighted by Gasteiger charge is 2.35. The van der Waals surface area contributed by atoms with E-state index in [1.54, 1.807) is 11.3 Å². The molecule has 0 spiro atoms. The minimum atomic E-state index is 0.226. The number of para-hydroxylation sites is 6. The van der Waals surface area contributed by atoms with Gasteiger partial charge in [0.15, 0.2) is 0 Å². The second kappa shape index (κ2) is 16.2. The average molecular weight is 1080 g/mol. The minimum absolute atomic E-state index is 0.226. The van der Waals surface area contributed by atoms with Crippen LogP contribution >= 0.6 is 11.3 Å². The van der Waals surface area contributed by atoms with Crippen LogP contribution in [0, 0.1) is 17.9 Å². The zero-order valence-corrected chi connectivity index (χ0v) is 44.5. The Balaban J connectivity index is 1.12. The highest BCUT2D eigenvalue weighted by atomic mass is 32.1. The molecule has 0 bridgehead atoms. The van der Waals surface area contributed by atoms with Crippen LogP contribution in [0.5, 0.6) is 0 Å². The fraction of sp³-hybridized carbons (Fsp3) is 0. The van der Waals surface area contributed by atoms with Crippen LogP contribution < -0.4 is 0 Å². The van der Waals surface area contributed by atoms with Crippen molar-refractivity contribution < 1.29 is 13.3 Å². The molecule has 9 heteroatoms. The molecule has 12 aromatic carbocycles. The fourth-order valence-electron chi connectivity index (χ4n) is 14.3. The number of nitriles is 1. The zero-order chi connectivity index (χ0) is 54.3. The molecule has 7 aromatic heterocycles. The third kappa shape index (κ3) is 5.65. The molecule has 0 aliphatic heterocycles. The maximum Gasteiger partial charge on any atom is 0.230 e. The Hall–Kier alpha value is -11.4. The molecule has 8 nitrogen and oxygen atoms in total. The second-order valence-corrected chi connectivity index (χ2v) is 22.6. The Kier molecular flexibility index (Phi) is 8.66. The SMILES string of the molecule is [C-]#[N+]c1c(C#N)c(-n2c3ccccc3c3c4c(ccc32)oc2ccccc24)c(-n2c3ccccc3c3c4c(ccc32)oc2ccccc24)c(-c2cccc3c2sc2ccccc23)c1-n1c2ccccc2c2c3c(ccc21)oc1ccccc13. The summed E-state index contributed by atoms with van der Waals surface area (Å²) < 4.78 is 29.1. The van der Waals surface area contributed by atoms with Crippen LogP contribution in [-0.2, 0) is 0 Å². The quantitative estimate of drug-likeness (QED) is 0.164. The molecule has 19 aromatic rings. The van der Waals surface area contributed by atoms with Crippen molar-refractivity contribution in [1.82, 2.24) is 13.7 Å². The number of rotatable bonds is 4. The van der Waals surface area contributed by atoms with E-state index >= 15 is 0 Å². The first-order valence-electron chi connectivity index (χ1n) is 27.6. The summed E-state index contributed by atoms with van der Waals surface area (Å²) in [5.74, 6) is 0. The smallest absolute Gasteiger partial charge is 0.230 e. The number of hydrogen-bond donors (Lipinski definition) is 0. The number of nitrogens with zero attached hydrogens (tertiary/aromatic N) is 5. The topological polar surface area (TPSA) is 82.4 Å². The monoisotopic (exact) mass is 1080 g/mol. The van der Waals surface area contributed by atoms with Crippen LogP contribution in [0.1, 0.15) is 5.56 Å². The second-order valence-electron chi connectivity index (χ2n) is 21.5. The summed E-state index contributed by atoms with van der Waals surface area (Å²) >= 11 is 1.75. The van der Waals surface area contributed by atoms with Gasteiger partial charge < -0.3 is 27.0 Å². The molecule has 0 amide bonds. The molecule has 0 atom stereocenters. The van der Waals surface area contributed by atoms with Crippen molar-refractivity contribution in [3.8, 4) is 34.3 Å². The Morgan fingerprint density at radius 2 is 0.747 bits per heavy atom. The molecule has 0 saturated heterocycles. The van der Waals surface area contributed by atoms with Gasteiger partial charge in [0.25, 0.3) is 0 Å². The lowest BCUT2D eigenvalue weighted by atomic mass is 9.93. The van der Waals surface area contributed by atoms with E-state index in [0.29, 0.717) is 11.4 Å². The molecule has 0 aliphatic carbocycles. The van der Waals surface area contributed by atoms with E-state index in [-0.39, 0.29) is 11.3 Å². The van der Waals surface area contributed by atoms with E-state index in [9.17, 15) is 11.8 Å². The van der Waals surface area contributed by atoms with Gasteiger partial charge >= 0.3 is 0 Å². The highest BCUT2D eigenvalue weighted by molar-refractivity contribution is 7.26. The molecule has 83 heavy (non-hydrogen) atoms. The normalized spacial score (nSPS) is 12.3. The molecule has 0 radical (unpaired) electrons. The van der Waals surface area contributed by atoms with Gasteiger partial charge in [-0.3, -0.25) is 0 Å². The number of benzene rings is 12. The number of hydrogen-bond acceptors (Lipinski definition) is 5. The van der Waals surface area contributed by atoms with Crippen molar-refractivity contribution >= 4 is 168 Å². The number of thiophene rings is 1. The predicted octanol–water partition coefficient (Wildman–Crippen LogP) is 21.1. The van der Waals surface area contributed by atoms with Crippen molar-refractivity contribution in [1.29, 1.82) is 5.26 Å². The molecular formula is C74H37N5O3S. The standard InChI is InChI=1S/C74H37N5O3S/c1-76-70-49(39-75)71(77-50-26-9-2-18-42(50)63-53(77)33-36-59-66(63)45-21-5-12-29-56(45)80-59)73(79-52-28-11-4-20-44(52)65-55(79)35-38-61-68(65)47-23-7-14-31-58(47)82-61)69(48-25-16-24-41-40-17-8-15-32-62(40)83-74(41)48)72(70)78-51-27-10-3-19-43(51)64-54(78)34-37-60-67(64)46-22-6-13-30-57(46)81-60/h2-38H. The van der Waals surface area contributed by atoms with E-state index in [1.807, 2.05) is 36.4 Å². The number of aromatic nitrogens is 3. The Bertz CT molecular complexity index is 6240. The van der Waals surface area contributed by atoms with Crippen molar-refractivity contribution in [3.63, 3.8) is 0 Å². The molecule has 0 fully saturated rings. The minimum Gasteiger partial charge on any atom is -0.456 e. The molecular weight excluding hydrogens is 1040 g/mol. The van der Waals surface area contributed by atoms with Crippen LogP contribution in [0.2, 0.25) is 0 Å². The van der Waals surface area contributed by atoms with Gasteiger partial charge in [-0.15, -0.1) is 11.3 Å². The number of fused-ring (bicyclic) bond motifs is 24. The Morgan fingerprint density at radius 1 is 0.349 bits per heavy atom. The summed E-state index contributed by atoms with van der Waals surface area (Å²) in [6, 6.07) is 80.9. The molecule has 19 rings (SSSR count). The van der Waals surface area contributed by atoms with Crippen LogP contribution in [0.25, 0.3) is 184 Å². The van der Waals surface area contributed by atoms with Crippen LogP contribution in [0.15, 0.2) is 238 Å². The summed E-state index contributed by atoms with van der Waals surface area (Å²) in [6.07, 6.45) is 0. The Morgan fingerprint density at radius 3 is 1.22 bits per heavy atom. The number of furan rings is 3. The predicted molar refractivity (Wildman–Crippen MR) is 341 cm³/mol. The Labute approximate surface area is 473 Å². The average Bonchev–Trinajstić information content (AvgIpc) is 2.57. The van der Waals surface area contributed by atoms with Gasteiger partial charge in [0.2, 0.25) is 5.69 Å². The van der Waals surface area contributed by atoms with Gasteiger partial charge in [0.1, 0.15) is 33.5 Å². The summed E-state index contributed by atoms with van der Waals surface area (Å²) in [5.41, 5.74) is 14.2. The lowest BCUT2D eigenvalue weighted by Gasteiger charge is -2.27. The summed E-state index contributed by atoms with van der Waals surface area (Å²) in [5, 5.41) is 26.8. The van der Waals surface area contributed by atoms with E-state index in [0.717, 1.165) is 168 Å². The first-order valence-corrected chi connectivity index (χ1v) is 28.4. The largest absolute Gasteiger partial charge is 0.456 e. The van der Waals surface area contributed by atoms with E-state index in [2.05, 4.69) is 208 Å². The van der Waals surface area contributed by atoms with Crippen molar-refractivity contribution in [2.45, 2.75) is 0 Å². The van der Waals surface area contributed by atoms with E-state index in [4.69, 9.17) is 18.1 Å². The van der Waals surface area contributed by atoms with Crippen molar-refractivity contribution in [2.75, 3.05) is 0 Å². The van der Waals surface area contributed by atoms with Gasteiger partial charge in [-0.2, -0.15) is 5.26 Å². The molecule has 0 N–H and O–H groups in total. The van der Waals surface area contributed by atoms with Gasteiger partial charge in [-0.25, -0.2) is 4.85 Å². The summed E-state index contributed by atoms with van der Waals surface area (Å²) in [6.45, 7) is 9.76. The third-order valence-corrected chi connectivity index (χ3v) is 18.7. The molecule has 7 heterocycles. The zero-order valence-electron chi connectivity index (χ0n) is 43.7. The first kappa shape index (κ1) is 44.5. The van der Waals surface area contributed by atoms with E-state index < -0.39 is 0 Å². The summed E-state index contributed by atoms with van der Waals surface area (Å²) in [7, 11) is 0. The summed E-state index contributed by atoms with van der Waals surface area (Å²) in [4.78, 5) is 4.69. The molecule has 382 valence electrons. The lowest BCUT2D eigenvalue weighted by Crippen LogP contribution is -2.12. The van der Waals surface area contributed by atoms with Gasteiger partial charge in [0, 0.05) is 95.9 Å².